The van der Waals surface area contributed by atoms with Crippen LogP contribution in [-0.4, -0.2) is 31.2 Å². The van der Waals surface area contributed by atoms with E-state index in [0.717, 1.165) is 32.1 Å². The molecule has 0 aromatic rings. The number of hydrazine groups is 2. The minimum atomic E-state index is -0.675. The Kier molecular flexibility index (Phi) is 7.83. The molecule has 0 aromatic carbocycles. The Balaban J connectivity index is 1.86. The highest BCUT2D eigenvalue weighted by atomic mass is 16.5. The maximum Gasteiger partial charge on any atom is 0.307 e. The van der Waals surface area contributed by atoms with Gasteiger partial charge in [0.1, 0.15) is 6.61 Å². The van der Waals surface area contributed by atoms with Crippen LogP contribution in [0.5, 0.6) is 0 Å². The Labute approximate surface area is 149 Å². The van der Waals surface area contributed by atoms with Crippen LogP contribution < -0.4 is 27.9 Å². The monoisotopic (exact) mass is 353 g/mol. The number of ether oxygens (including phenoxy) is 1. The molecule has 0 aliphatic heterocycles. The van der Waals surface area contributed by atoms with Crippen molar-refractivity contribution in [3.8, 4) is 0 Å². The summed E-state index contributed by atoms with van der Waals surface area (Å²) in [7, 11) is 0. The summed E-state index contributed by atoms with van der Waals surface area (Å²) in [4.78, 5) is 25.0. The van der Waals surface area contributed by atoms with Gasteiger partial charge in [0, 0.05) is 6.54 Å². The summed E-state index contributed by atoms with van der Waals surface area (Å²) in [6.45, 7) is 0.600. The molecule has 0 radical (unpaired) electrons. The van der Waals surface area contributed by atoms with Crippen molar-refractivity contribution in [2.24, 2.45) is 17.1 Å². The van der Waals surface area contributed by atoms with Crippen molar-refractivity contribution in [2.75, 3.05) is 13.2 Å². The first-order valence-electron chi connectivity index (χ1n) is 9.14. The van der Waals surface area contributed by atoms with Crippen LogP contribution in [0, 0.1) is 5.41 Å². The normalized spacial score (nSPS) is 19.6. The Hall–Kier alpha value is -1.48. The van der Waals surface area contributed by atoms with Crippen LogP contribution in [0.2, 0.25) is 0 Å². The van der Waals surface area contributed by atoms with Crippen LogP contribution in [0.1, 0.15) is 57.8 Å². The molecule has 1 amide bonds. The molecule has 1 fully saturated rings. The molecule has 2 aliphatic rings. The van der Waals surface area contributed by atoms with Crippen LogP contribution >= 0.6 is 0 Å². The Bertz CT molecular complexity index is 485. The first-order chi connectivity index (χ1) is 12.1. The maximum absolute atomic E-state index is 12.7. The number of carbonyl (C=O) groups excluding carboxylic acids is 2. The Morgan fingerprint density at radius 3 is 2.48 bits per heavy atom. The van der Waals surface area contributed by atoms with Crippen molar-refractivity contribution in [3.63, 3.8) is 0 Å². The summed E-state index contributed by atoms with van der Waals surface area (Å²) < 4.78 is 5.43. The molecule has 0 unspecified atom stereocenters. The van der Waals surface area contributed by atoms with E-state index in [2.05, 4.69) is 22.2 Å². The highest BCUT2D eigenvalue weighted by molar-refractivity contribution is 5.87. The van der Waals surface area contributed by atoms with Crippen molar-refractivity contribution in [3.05, 3.63) is 11.6 Å². The van der Waals surface area contributed by atoms with Gasteiger partial charge in [0.25, 0.3) is 0 Å². The molecule has 0 heterocycles. The van der Waals surface area contributed by atoms with E-state index in [-0.39, 0.29) is 24.8 Å². The van der Waals surface area contributed by atoms with Crippen LogP contribution in [-0.2, 0) is 14.3 Å². The summed E-state index contributed by atoms with van der Waals surface area (Å²) in [6, 6.07) is 0. The average molecular weight is 353 g/mol. The number of hydrogen-bond donors (Lipinski definition) is 5. The number of amides is 1. The summed E-state index contributed by atoms with van der Waals surface area (Å²) in [5.41, 5.74) is 5.43. The van der Waals surface area contributed by atoms with Gasteiger partial charge in [-0.2, -0.15) is 0 Å². The maximum atomic E-state index is 12.7. The van der Waals surface area contributed by atoms with E-state index in [0.29, 0.717) is 19.4 Å². The van der Waals surface area contributed by atoms with Gasteiger partial charge in [-0.25, -0.2) is 10.9 Å². The standard InChI is InChI=1S/C17H31N5O3/c18-21-14(22-19)11-20-16(24)17(8-4-5-9-17)10-15(23)25-12-13-6-2-1-3-7-13/h6,14,21-22H,1-5,7-12,18-19H2,(H,20,24). The van der Waals surface area contributed by atoms with Crippen molar-refractivity contribution >= 4 is 11.9 Å². The van der Waals surface area contributed by atoms with Gasteiger partial charge in [0.2, 0.25) is 5.91 Å². The van der Waals surface area contributed by atoms with Crippen molar-refractivity contribution < 1.29 is 14.3 Å². The lowest BCUT2D eigenvalue weighted by molar-refractivity contribution is -0.149. The molecule has 0 saturated heterocycles. The number of hydrogen-bond acceptors (Lipinski definition) is 7. The third-order valence-corrected chi connectivity index (χ3v) is 5.20. The molecular weight excluding hydrogens is 322 g/mol. The van der Waals surface area contributed by atoms with Crippen molar-refractivity contribution in [1.82, 2.24) is 16.2 Å². The molecule has 0 spiro atoms. The summed E-state index contributed by atoms with van der Waals surface area (Å²) in [5.74, 6) is 10.2. The molecule has 2 rings (SSSR count). The molecule has 7 N–H and O–H groups in total. The molecular formula is C17H31N5O3. The molecule has 0 aromatic heterocycles. The molecule has 142 valence electrons. The summed E-state index contributed by atoms with van der Waals surface area (Å²) >= 11 is 0. The zero-order valence-electron chi connectivity index (χ0n) is 14.8. The molecule has 8 heteroatoms. The topological polar surface area (TPSA) is 132 Å². The molecule has 1 saturated carbocycles. The van der Waals surface area contributed by atoms with Gasteiger partial charge in [-0.05, 0) is 44.1 Å². The van der Waals surface area contributed by atoms with Gasteiger partial charge in [-0.15, -0.1) is 0 Å². The van der Waals surface area contributed by atoms with Crippen molar-refractivity contribution in [1.29, 1.82) is 0 Å². The first-order valence-corrected chi connectivity index (χ1v) is 9.14. The van der Waals surface area contributed by atoms with Gasteiger partial charge in [0.05, 0.1) is 18.0 Å². The number of nitrogens with one attached hydrogen (secondary N) is 3. The summed E-state index contributed by atoms with van der Waals surface area (Å²) in [5, 5.41) is 2.84. The van der Waals surface area contributed by atoms with Crippen LogP contribution in [0.4, 0.5) is 0 Å². The molecule has 0 bridgehead atoms. The lowest BCUT2D eigenvalue weighted by Crippen LogP contribution is -2.56. The smallest absolute Gasteiger partial charge is 0.307 e. The summed E-state index contributed by atoms with van der Waals surface area (Å²) in [6.07, 6.45) is 9.58. The van der Waals surface area contributed by atoms with E-state index in [1.165, 1.54) is 12.0 Å². The van der Waals surface area contributed by atoms with E-state index in [1.54, 1.807) is 0 Å². The van der Waals surface area contributed by atoms with Gasteiger partial charge in [-0.3, -0.25) is 21.3 Å². The molecule has 2 aliphatic carbocycles. The van der Waals surface area contributed by atoms with Crippen LogP contribution in [0.3, 0.4) is 0 Å². The average Bonchev–Trinajstić information content (AvgIpc) is 3.11. The quantitative estimate of drug-likeness (QED) is 0.133. The lowest BCUT2D eigenvalue weighted by Gasteiger charge is -2.28. The molecule has 0 atom stereocenters. The highest BCUT2D eigenvalue weighted by Gasteiger charge is 2.43. The largest absolute Gasteiger partial charge is 0.461 e. The van der Waals surface area contributed by atoms with E-state index in [4.69, 9.17) is 16.4 Å². The van der Waals surface area contributed by atoms with Gasteiger partial charge in [0.15, 0.2) is 0 Å². The zero-order valence-corrected chi connectivity index (χ0v) is 14.8. The van der Waals surface area contributed by atoms with Gasteiger partial charge in [-0.1, -0.05) is 18.9 Å². The number of rotatable bonds is 9. The third kappa shape index (κ3) is 5.78. The second kappa shape index (κ2) is 9.86. The SMILES string of the molecule is NNC(CNC(=O)C1(CC(=O)OCC2=CCCCC2)CCCC1)NN. The second-order valence-corrected chi connectivity index (χ2v) is 7.03. The zero-order chi connectivity index (χ0) is 18.1. The predicted octanol–water partition coefficient (Wildman–Crippen LogP) is 0.349. The van der Waals surface area contributed by atoms with E-state index in [1.807, 2.05) is 0 Å². The first kappa shape index (κ1) is 19.8. The van der Waals surface area contributed by atoms with Crippen LogP contribution in [0.25, 0.3) is 0 Å². The Morgan fingerprint density at radius 1 is 1.16 bits per heavy atom. The highest BCUT2D eigenvalue weighted by Crippen LogP contribution is 2.41. The molecule has 8 nitrogen and oxygen atoms in total. The second-order valence-electron chi connectivity index (χ2n) is 7.03. The molecule has 25 heavy (non-hydrogen) atoms. The van der Waals surface area contributed by atoms with E-state index >= 15 is 0 Å². The van der Waals surface area contributed by atoms with E-state index < -0.39 is 11.6 Å². The fourth-order valence-electron chi connectivity index (χ4n) is 3.62. The van der Waals surface area contributed by atoms with E-state index in [9.17, 15) is 9.59 Å². The fraction of sp³-hybridized carbons (Fsp3) is 0.765. The fourth-order valence-corrected chi connectivity index (χ4v) is 3.62. The number of esters is 1. The lowest BCUT2D eigenvalue weighted by atomic mass is 9.81. The third-order valence-electron chi connectivity index (χ3n) is 5.20. The van der Waals surface area contributed by atoms with Gasteiger partial charge >= 0.3 is 5.97 Å². The van der Waals surface area contributed by atoms with Gasteiger partial charge < -0.3 is 10.1 Å². The van der Waals surface area contributed by atoms with Crippen molar-refractivity contribution in [2.45, 2.75) is 64.0 Å². The predicted molar refractivity (Wildman–Crippen MR) is 94.5 cm³/mol. The number of allylic oxidation sites excluding steroid dienone is 1. The number of nitrogens with two attached hydrogens (primary N) is 2. The minimum Gasteiger partial charge on any atom is -0.461 e. The van der Waals surface area contributed by atoms with Crippen LogP contribution in [0.15, 0.2) is 11.6 Å². The Morgan fingerprint density at radius 2 is 1.88 bits per heavy atom. The minimum absolute atomic E-state index is 0.128. The number of carbonyl (C=O) groups is 2.